The summed E-state index contributed by atoms with van der Waals surface area (Å²) < 4.78 is 5.46. The van der Waals surface area contributed by atoms with Crippen molar-refractivity contribution in [1.29, 1.82) is 0 Å². The van der Waals surface area contributed by atoms with Crippen LogP contribution in [0.15, 0.2) is 24.3 Å². The van der Waals surface area contributed by atoms with E-state index >= 15 is 0 Å². The Bertz CT molecular complexity index is 540. The summed E-state index contributed by atoms with van der Waals surface area (Å²) >= 11 is 5.80. The minimum Gasteiger partial charge on any atom is -0.484 e. The standard InChI is InChI=1S/C16H22ClN3O3/c1-12(18)10-15(21)19-6-8-20(9-7-19)16(22)11-23-14-4-2-13(17)3-5-14/h2-5,12H,6-11,18H2,1H3. The number of halogens is 1. The number of nitrogens with two attached hydrogens (primary N) is 1. The molecule has 0 radical (unpaired) electrons. The molecule has 0 aromatic heterocycles. The van der Waals surface area contributed by atoms with Crippen LogP contribution in [0.3, 0.4) is 0 Å². The van der Waals surface area contributed by atoms with E-state index in [4.69, 9.17) is 22.1 Å². The van der Waals surface area contributed by atoms with E-state index in [-0.39, 0.29) is 24.5 Å². The Hall–Kier alpha value is -1.79. The van der Waals surface area contributed by atoms with Crippen LogP contribution < -0.4 is 10.5 Å². The highest BCUT2D eigenvalue weighted by Gasteiger charge is 2.24. The van der Waals surface area contributed by atoms with Gasteiger partial charge < -0.3 is 20.3 Å². The zero-order valence-corrected chi connectivity index (χ0v) is 14.0. The summed E-state index contributed by atoms with van der Waals surface area (Å²) in [5, 5.41) is 0.622. The molecule has 0 saturated carbocycles. The molecule has 1 aromatic carbocycles. The zero-order valence-electron chi connectivity index (χ0n) is 13.2. The van der Waals surface area contributed by atoms with Gasteiger partial charge in [0.2, 0.25) is 5.91 Å². The molecule has 126 valence electrons. The fourth-order valence-corrected chi connectivity index (χ4v) is 2.50. The lowest BCUT2D eigenvalue weighted by Crippen LogP contribution is -2.52. The number of hydrogen-bond donors (Lipinski definition) is 1. The van der Waals surface area contributed by atoms with Gasteiger partial charge in [-0.25, -0.2) is 0 Å². The van der Waals surface area contributed by atoms with Crippen LogP contribution >= 0.6 is 11.6 Å². The van der Waals surface area contributed by atoms with Gasteiger partial charge in [0, 0.05) is 43.7 Å². The SMILES string of the molecule is CC(N)CC(=O)N1CCN(C(=O)COc2ccc(Cl)cc2)CC1. The van der Waals surface area contributed by atoms with Crippen LogP contribution in [0.25, 0.3) is 0 Å². The Balaban J connectivity index is 1.75. The molecule has 2 rings (SSSR count). The first-order chi connectivity index (χ1) is 11.0. The number of hydrogen-bond acceptors (Lipinski definition) is 4. The number of ether oxygens (including phenoxy) is 1. The zero-order chi connectivity index (χ0) is 16.8. The smallest absolute Gasteiger partial charge is 0.260 e. The second kappa shape index (κ2) is 8.17. The molecule has 2 amide bonds. The molecule has 1 fully saturated rings. The minimum atomic E-state index is -0.144. The third-order valence-corrected chi connectivity index (χ3v) is 3.91. The topological polar surface area (TPSA) is 75.9 Å². The maximum absolute atomic E-state index is 12.1. The van der Waals surface area contributed by atoms with Crippen LogP contribution in [0.2, 0.25) is 5.02 Å². The van der Waals surface area contributed by atoms with Gasteiger partial charge in [-0.1, -0.05) is 11.6 Å². The molecule has 0 spiro atoms. The summed E-state index contributed by atoms with van der Waals surface area (Å²) in [5.74, 6) is 0.567. The van der Waals surface area contributed by atoms with Gasteiger partial charge in [-0.15, -0.1) is 0 Å². The molecule has 1 heterocycles. The highest BCUT2D eigenvalue weighted by atomic mass is 35.5. The van der Waals surface area contributed by atoms with Crippen molar-refractivity contribution in [3.05, 3.63) is 29.3 Å². The summed E-state index contributed by atoms with van der Waals surface area (Å²) in [5.41, 5.74) is 5.64. The summed E-state index contributed by atoms with van der Waals surface area (Å²) in [6.07, 6.45) is 0.341. The van der Waals surface area contributed by atoms with Gasteiger partial charge in [0.1, 0.15) is 5.75 Å². The van der Waals surface area contributed by atoms with Crippen molar-refractivity contribution < 1.29 is 14.3 Å². The number of nitrogens with zero attached hydrogens (tertiary/aromatic N) is 2. The number of piperazine rings is 1. The monoisotopic (exact) mass is 339 g/mol. The molecular weight excluding hydrogens is 318 g/mol. The first kappa shape index (κ1) is 17.6. The first-order valence-electron chi connectivity index (χ1n) is 7.65. The predicted octanol–water partition coefficient (Wildman–Crippen LogP) is 1.13. The molecule has 0 aliphatic carbocycles. The van der Waals surface area contributed by atoms with Crippen molar-refractivity contribution in [2.45, 2.75) is 19.4 Å². The van der Waals surface area contributed by atoms with E-state index in [1.54, 1.807) is 34.1 Å². The fraction of sp³-hybridized carbons (Fsp3) is 0.500. The van der Waals surface area contributed by atoms with Gasteiger partial charge in [0.25, 0.3) is 5.91 Å². The molecule has 23 heavy (non-hydrogen) atoms. The van der Waals surface area contributed by atoms with E-state index in [0.29, 0.717) is 43.4 Å². The van der Waals surface area contributed by atoms with Crippen molar-refractivity contribution in [3.8, 4) is 5.75 Å². The average Bonchev–Trinajstić information content (AvgIpc) is 2.53. The van der Waals surface area contributed by atoms with Gasteiger partial charge in [-0.05, 0) is 31.2 Å². The van der Waals surface area contributed by atoms with E-state index in [2.05, 4.69) is 0 Å². The van der Waals surface area contributed by atoms with Crippen LogP contribution in [-0.2, 0) is 9.59 Å². The van der Waals surface area contributed by atoms with E-state index in [0.717, 1.165) is 0 Å². The normalized spacial score (nSPS) is 16.1. The molecule has 7 heteroatoms. The van der Waals surface area contributed by atoms with Crippen LogP contribution in [0.4, 0.5) is 0 Å². The Morgan fingerprint density at radius 1 is 1.13 bits per heavy atom. The highest BCUT2D eigenvalue weighted by molar-refractivity contribution is 6.30. The van der Waals surface area contributed by atoms with E-state index in [9.17, 15) is 9.59 Å². The predicted molar refractivity (Wildman–Crippen MR) is 88.4 cm³/mol. The molecule has 1 aromatic rings. The van der Waals surface area contributed by atoms with Crippen LogP contribution in [0.1, 0.15) is 13.3 Å². The number of carbonyl (C=O) groups is 2. The molecule has 6 nitrogen and oxygen atoms in total. The quantitative estimate of drug-likeness (QED) is 0.872. The van der Waals surface area contributed by atoms with Gasteiger partial charge in [-0.3, -0.25) is 9.59 Å². The molecule has 0 bridgehead atoms. The lowest BCUT2D eigenvalue weighted by atomic mass is 10.2. The summed E-state index contributed by atoms with van der Waals surface area (Å²) in [4.78, 5) is 27.5. The Labute approximate surface area is 141 Å². The van der Waals surface area contributed by atoms with Gasteiger partial charge in [-0.2, -0.15) is 0 Å². The van der Waals surface area contributed by atoms with E-state index < -0.39 is 0 Å². The Kier molecular flexibility index (Phi) is 6.24. The molecule has 1 atom stereocenters. The molecule has 1 aliphatic heterocycles. The summed E-state index contributed by atoms with van der Waals surface area (Å²) in [6.45, 7) is 3.92. The second-order valence-electron chi connectivity index (χ2n) is 5.69. The number of carbonyl (C=O) groups excluding carboxylic acids is 2. The lowest BCUT2D eigenvalue weighted by molar-refractivity contribution is -0.140. The Morgan fingerprint density at radius 2 is 1.65 bits per heavy atom. The fourth-order valence-electron chi connectivity index (χ4n) is 2.38. The molecule has 1 saturated heterocycles. The third kappa shape index (κ3) is 5.41. The maximum Gasteiger partial charge on any atom is 0.260 e. The van der Waals surface area contributed by atoms with Crippen molar-refractivity contribution in [2.24, 2.45) is 5.73 Å². The van der Waals surface area contributed by atoms with Gasteiger partial charge in [0.05, 0.1) is 0 Å². The summed E-state index contributed by atoms with van der Waals surface area (Å²) in [6, 6.07) is 6.73. The number of benzene rings is 1. The third-order valence-electron chi connectivity index (χ3n) is 3.66. The van der Waals surface area contributed by atoms with Crippen molar-refractivity contribution in [3.63, 3.8) is 0 Å². The van der Waals surface area contributed by atoms with Crippen molar-refractivity contribution in [1.82, 2.24) is 9.80 Å². The minimum absolute atomic E-state index is 0.0184. The van der Waals surface area contributed by atoms with Crippen molar-refractivity contribution in [2.75, 3.05) is 32.8 Å². The maximum atomic E-state index is 12.1. The summed E-state index contributed by atoms with van der Waals surface area (Å²) in [7, 11) is 0. The largest absolute Gasteiger partial charge is 0.484 e. The number of amides is 2. The number of rotatable bonds is 5. The molecular formula is C16H22ClN3O3. The second-order valence-corrected chi connectivity index (χ2v) is 6.12. The van der Waals surface area contributed by atoms with Crippen LogP contribution in [0.5, 0.6) is 5.75 Å². The Morgan fingerprint density at radius 3 is 2.17 bits per heavy atom. The van der Waals surface area contributed by atoms with Crippen LogP contribution in [-0.4, -0.2) is 60.4 Å². The average molecular weight is 340 g/mol. The van der Waals surface area contributed by atoms with Gasteiger partial charge in [0.15, 0.2) is 6.61 Å². The molecule has 2 N–H and O–H groups in total. The first-order valence-corrected chi connectivity index (χ1v) is 8.03. The highest BCUT2D eigenvalue weighted by Crippen LogP contribution is 2.15. The van der Waals surface area contributed by atoms with E-state index in [1.165, 1.54) is 0 Å². The lowest BCUT2D eigenvalue weighted by Gasteiger charge is -2.35. The molecule has 1 aliphatic rings. The van der Waals surface area contributed by atoms with Gasteiger partial charge >= 0.3 is 0 Å². The van der Waals surface area contributed by atoms with Crippen LogP contribution in [0, 0.1) is 0 Å². The van der Waals surface area contributed by atoms with Crippen molar-refractivity contribution >= 4 is 23.4 Å². The molecule has 1 unspecified atom stereocenters. The van der Waals surface area contributed by atoms with E-state index in [1.807, 2.05) is 6.92 Å².